The average Bonchev–Trinajstić information content (AvgIpc) is 3.11. The van der Waals surface area contributed by atoms with Gasteiger partial charge in [0.05, 0.1) is 0 Å². The van der Waals surface area contributed by atoms with Crippen LogP contribution in [0.5, 0.6) is 0 Å². The number of nitrogens with zero attached hydrogens (tertiary/aromatic N) is 2. The predicted octanol–water partition coefficient (Wildman–Crippen LogP) is 2.80. The molecular weight excluding hydrogens is 331 g/mol. The van der Waals surface area contributed by atoms with E-state index in [2.05, 4.69) is 10.2 Å². The number of amides is 1. The molecule has 1 aromatic heterocycles. The summed E-state index contributed by atoms with van der Waals surface area (Å²) in [5.74, 6) is -0.464. The quantitative estimate of drug-likeness (QED) is 0.763. The van der Waals surface area contributed by atoms with Crippen molar-refractivity contribution in [2.24, 2.45) is 5.73 Å². The van der Waals surface area contributed by atoms with Crippen LogP contribution < -0.4 is 5.73 Å². The summed E-state index contributed by atoms with van der Waals surface area (Å²) in [5.41, 5.74) is 9.74. The molecule has 0 spiro atoms. The predicted molar refractivity (Wildman–Crippen MR) is 96.5 cm³/mol. The monoisotopic (exact) mass is 350 g/mol. The van der Waals surface area contributed by atoms with Crippen LogP contribution in [0.4, 0.5) is 4.39 Å². The van der Waals surface area contributed by atoms with Gasteiger partial charge in [0.2, 0.25) is 5.91 Å². The molecule has 3 aromatic rings. The number of nitrogens with two attached hydrogens (primary N) is 1. The van der Waals surface area contributed by atoms with Crippen molar-refractivity contribution >= 4 is 5.91 Å². The molecule has 5 nitrogen and oxygen atoms in total. The van der Waals surface area contributed by atoms with Crippen LogP contribution in [0.15, 0.2) is 54.6 Å². The van der Waals surface area contributed by atoms with Crippen LogP contribution in [0.2, 0.25) is 0 Å². The van der Waals surface area contributed by atoms with Crippen molar-refractivity contribution in [2.75, 3.05) is 6.54 Å². The number of hydrogen-bond acceptors (Lipinski definition) is 3. The number of carbonyl (C=O) groups excluding carboxylic acids is 1. The third-order valence-corrected chi connectivity index (χ3v) is 4.80. The van der Waals surface area contributed by atoms with Crippen molar-refractivity contribution in [1.29, 1.82) is 0 Å². The van der Waals surface area contributed by atoms with Crippen LogP contribution in [0.25, 0.3) is 11.3 Å². The highest BCUT2D eigenvalue weighted by atomic mass is 19.1. The number of aromatic nitrogens is 2. The Morgan fingerprint density at radius 3 is 2.65 bits per heavy atom. The Kier molecular flexibility index (Phi) is 4.26. The van der Waals surface area contributed by atoms with Crippen molar-refractivity contribution in [3.8, 4) is 11.3 Å². The Labute approximate surface area is 150 Å². The summed E-state index contributed by atoms with van der Waals surface area (Å²) < 4.78 is 14.2. The molecule has 0 aliphatic carbocycles. The molecule has 3 N–H and O–H groups in total. The van der Waals surface area contributed by atoms with Gasteiger partial charge in [0.15, 0.2) is 0 Å². The van der Waals surface area contributed by atoms with E-state index >= 15 is 0 Å². The van der Waals surface area contributed by atoms with Gasteiger partial charge >= 0.3 is 0 Å². The molecule has 26 heavy (non-hydrogen) atoms. The van der Waals surface area contributed by atoms with E-state index < -0.39 is 6.04 Å². The summed E-state index contributed by atoms with van der Waals surface area (Å²) in [5, 5.41) is 7.28. The number of H-pyrrole nitrogens is 1. The number of carbonyl (C=O) groups is 1. The van der Waals surface area contributed by atoms with Crippen molar-refractivity contribution < 1.29 is 9.18 Å². The maximum atomic E-state index is 14.2. The van der Waals surface area contributed by atoms with E-state index in [1.807, 2.05) is 30.3 Å². The summed E-state index contributed by atoms with van der Waals surface area (Å²) in [4.78, 5) is 14.6. The summed E-state index contributed by atoms with van der Waals surface area (Å²) in [6.45, 7) is 0.931. The van der Waals surface area contributed by atoms with Gasteiger partial charge < -0.3 is 10.6 Å². The topological polar surface area (TPSA) is 75.0 Å². The van der Waals surface area contributed by atoms with Crippen LogP contribution >= 0.6 is 0 Å². The van der Waals surface area contributed by atoms with Crippen LogP contribution in [0.3, 0.4) is 0 Å². The van der Waals surface area contributed by atoms with Gasteiger partial charge in [-0.3, -0.25) is 9.89 Å². The lowest BCUT2D eigenvalue weighted by molar-refractivity contribution is -0.133. The molecule has 0 saturated carbocycles. The first kappa shape index (κ1) is 16.5. The normalized spacial score (nSPS) is 14.8. The molecule has 2 heterocycles. The van der Waals surface area contributed by atoms with Crippen molar-refractivity contribution in [2.45, 2.75) is 19.0 Å². The lowest BCUT2D eigenvalue weighted by atomic mass is 9.99. The molecule has 0 bridgehead atoms. The third-order valence-electron chi connectivity index (χ3n) is 4.80. The largest absolute Gasteiger partial charge is 0.336 e. The SMILES string of the molecule is N[C@@H](C(=O)N1CCc2[nH]nc(-c3ccccc3F)c2C1)c1ccccc1. The lowest BCUT2D eigenvalue weighted by Crippen LogP contribution is -2.41. The molecule has 0 saturated heterocycles. The number of nitrogens with one attached hydrogen (secondary N) is 1. The highest BCUT2D eigenvalue weighted by molar-refractivity contribution is 5.83. The van der Waals surface area contributed by atoms with Gasteiger partial charge in [-0.1, -0.05) is 42.5 Å². The van der Waals surface area contributed by atoms with Gasteiger partial charge in [-0.15, -0.1) is 0 Å². The molecule has 0 radical (unpaired) electrons. The van der Waals surface area contributed by atoms with E-state index in [-0.39, 0.29) is 11.7 Å². The smallest absolute Gasteiger partial charge is 0.244 e. The number of rotatable bonds is 3. The molecule has 1 atom stereocenters. The van der Waals surface area contributed by atoms with Gasteiger partial charge in [0.1, 0.15) is 17.6 Å². The van der Waals surface area contributed by atoms with Gasteiger partial charge in [-0.05, 0) is 17.7 Å². The molecule has 2 aromatic carbocycles. The molecular formula is C20H19FN4O. The minimum absolute atomic E-state index is 0.137. The fourth-order valence-electron chi connectivity index (χ4n) is 3.36. The zero-order valence-electron chi connectivity index (χ0n) is 14.2. The number of aromatic amines is 1. The first-order chi connectivity index (χ1) is 12.6. The first-order valence-electron chi connectivity index (χ1n) is 8.55. The summed E-state index contributed by atoms with van der Waals surface area (Å²) in [6, 6.07) is 15.1. The molecule has 0 fully saturated rings. The average molecular weight is 350 g/mol. The second kappa shape index (κ2) is 6.72. The fraction of sp³-hybridized carbons (Fsp3) is 0.200. The van der Waals surface area contributed by atoms with E-state index in [0.29, 0.717) is 30.8 Å². The second-order valence-electron chi connectivity index (χ2n) is 6.41. The molecule has 4 rings (SSSR count). The van der Waals surface area contributed by atoms with Crippen molar-refractivity contribution in [3.63, 3.8) is 0 Å². The van der Waals surface area contributed by atoms with Gasteiger partial charge in [-0.2, -0.15) is 5.10 Å². The van der Waals surface area contributed by atoms with Crippen LogP contribution in [-0.2, 0) is 17.8 Å². The lowest BCUT2D eigenvalue weighted by Gasteiger charge is -2.29. The minimum atomic E-state index is -0.707. The van der Waals surface area contributed by atoms with E-state index in [0.717, 1.165) is 16.8 Å². The Hall–Kier alpha value is -2.99. The zero-order valence-corrected chi connectivity index (χ0v) is 14.2. The first-order valence-corrected chi connectivity index (χ1v) is 8.55. The summed E-state index contributed by atoms with van der Waals surface area (Å²) in [6.07, 6.45) is 0.643. The Morgan fingerprint density at radius 1 is 1.15 bits per heavy atom. The number of fused-ring (bicyclic) bond motifs is 1. The molecule has 1 aliphatic rings. The standard InChI is InChI=1S/C20H19FN4O/c21-16-9-5-4-8-14(16)19-15-12-25(11-10-17(15)23-24-19)20(26)18(22)13-6-2-1-3-7-13/h1-9,18H,10-12,22H2,(H,23,24)/t18-/m1/s1. The van der Waals surface area contributed by atoms with Crippen molar-refractivity contribution in [1.82, 2.24) is 15.1 Å². The highest BCUT2D eigenvalue weighted by Crippen LogP contribution is 2.30. The fourth-order valence-corrected chi connectivity index (χ4v) is 3.36. The molecule has 132 valence electrons. The van der Waals surface area contributed by atoms with E-state index in [1.165, 1.54) is 6.07 Å². The summed E-state index contributed by atoms with van der Waals surface area (Å²) in [7, 11) is 0. The summed E-state index contributed by atoms with van der Waals surface area (Å²) >= 11 is 0. The van der Waals surface area contributed by atoms with E-state index in [9.17, 15) is 9.18 Å². The van der Waals surface area contributed by atoms with Gasteiger partial charge in [0, 0.05) is 36.3 Å². The zero-order chi connectivity index (χ0) is 18.1. The Balaban J connectivity index is 1.61. The van der Waals surface area contributed by atoms with Gasteiger partial charge in [0.25, 0.3) is 0 Å². The van der Waals surface area contributed by atoms with Crippen LogP contribution in [0, 0.1) is 5.82 Å². The third kappa shape index (κ3) is 2.88. The number of hydrogen-bond donors (Lipinski definition) is 2. The van der Waals surface area contributed by atoms with E-state index in [1.54, 1.807) is 23.1 Å². The minimum Gasteiger partial charge on any atom is -0.336 e. The van der Waals surface area contributed by atoms with Crippen molar-refractivity contribution in [3.05, 3.63) is 77.2 Å². The molecule has 0 unspecified atom stereocenters. The number of halogens is 1. The van der Waals surface area contributed by atoms with Gasteiger partial charge in [-0.25, -0.2) is 4.39 Å². The number of benzene rings is 2. The molecule has 1 amide bonds. The maximum Gasteiger partial charge on any atom is 0.244 e. The maximum absolute atomic E-state index is 14.2. The molecule has 6 heteroatoms. The Bertz CT molecular complexity index is 938. The van der Waals surface area contributed by atoms with Crippen LogP contribution in [0.1, 0.15) is 22.9 Å². The Morgan fingerprint density at radius 2 is 1.88 bits per heavy atom. The van der Waals surface area contributed by atoms with Crippen LogP contribution in [-0.4, -0.2) is 27.5 Å². The second-order valence-corrected chi connectivity index (χ2v) is 6.41. The molecule has 1 aliphatic heterocycles. The van der Waals surface area contributed by atoms with E-state index in [4.69, 9.17) is 5.73 Å². The highest BCUT2D eigenvalue weighted by Gasteiger charge is 2.29.